The van der Waals surface area contributed by atoms with Crippen molar-refractivity contribution in [3.05, 3.63) is 35.4 Å². The molecule has 1 unspecified atom stereocenters. The minimum Gasteiger partial charge on any atom is -0.307 e. The first-order chi connectivity index (χ1) is 8.52. The highest BCUT2D eigenvalue weighted by atomic mass is 15.0. The second-order valence-corrected chi connectivity index (χ2v) is 7.10. The van der Waals surface area contributed by atoms with Gasteiger partial charge in [0.05, 0.1) is 0 Å². The van der Waals surface area contributed by atoms with Gasteiger partial charge >= 0.3 is 0 Å². The summed E-state index contributed by atoms with van der Waals surface area (Å²) in [7, 11) is 0. The Hall–Kier alpha value is -0.820. The molecule has 1 aromatic carbocycles. The lowest BCUT2D eigenvalue weighted by Gasteiger charge is -2.31. The fourth-order valence-electron chi connectivity index (χ4n) is 3.44. The van der Waals surface area contributed by atoms with Gasteiger partial charge in [0.2, 0.25) is 0 Å². The third-order valence-electron chi connectivity index (χ3n) is 4.73. The van der Waals surface area contributed by atoms with Crippen LogP contribution in [0, 0.1) is 5.92 Å². The van der Waals surface area contributed by atoms with Gasteiger partial charge in [0.25, 0.3) is 0 Å². The lowest BCUT2D eigenvalue weighted by molar-refractivity contribution is 0.336. The van der Waals surface area contributed by atoms with Crippen LogP contribution >= 0.6 is 0 Å². The van der Waals surface area contributed by atoms with Crippen molar-refractivity contribution in [2.75, 3.05) is 6.54 Å². The Morgan fingerprint density at radius 3 is 2.22 bits per heavy atom. The Bertz CT molecular complexity index is 414. The van der Waals surface area contributed by atoms with Gasteiger partial charge in [0.1, 0.15) is 0 Å². The Labute approximate surface area is 111 Å². The van der Waals surface area contributed by atoms with Crippen molar-refractivity contribution >= 4 is 0 Å². The first-order valence-corrected chi connectivity index (χ1v) is 7.38. The molecule has 1 saturated heterocycles. The van der Waals surface area contributed by atoms with Crippen LogP contribution in [0.15, 0.2) is 24.3 Å². The Morgan fingerprint density at radius 1 is 1.11 bits per heavy atom. The van der Waals surface area contributed by atoms with Crippen molar-refractivity contribution in [2.45, 2.75) is 57.4 Å². The topological polar surface area (TPSA) is 12.0 Å². The van der Waals surface area contributed by atoms with Crippen LogP contribution in [-0.4, -0.2) is 6.54 Å². The minimum absolute atomic E-state index is 0.258. The summed E-state index contributed by atoms with van der Waals surface area (Å²) in [6.45, 7) is 8.04. The van der Waals surface area contributed by atoms with E-state index in [1.54, 1.807) is 0 Å². The van der Waals surface area contributed by atoms with Gasteiger partial charge in [-0.3, -0.25) is 0 Å². The largest absolute Gasteiger partial charge is 0.307 e. The van der Waals surface area contributed by atoms with Crippen LogP contribution < -0.4 is 5.32 Å². The van der Waals surface area contributed by atoms with Crippen LogP contribution in [0.25, 0.3) is 0 Å². The van der Waals surface area contributed by atoms with Crippen molar-refractivity contribution in [3.63, 3.8) is 0 Å². The molecule has 98 valence electrons. The number of rotatable bonds is 2. The van der Waals surface area contributed by atoms with Crippen LogP contribution in [0.1, 0.15) is 57.6 Å². The summed E-state index contributed by atoms with van der Waals surface area (Å²) < 4.78 is 0. The smallest absolute Gasteiger partial charge is 0.0463 e. The van der Waals surface area contributed by atoms with E-state index < -0.39 is 0 Å². The molecule has 1 atom stereocenters. The van der Waals surface area contributed by atoms with Crippen LogP contribution in [0.2, 0.25) is 0 Å². The highest BCUT2D eigenvalue weighted by molar-refractivity contribution is 5.34. The zero-order valence-electron chi connectivity index (χ0n) is 11.9. The Balaban J connectivity index is 1.92. The molecule has 0 amide bonds. The third-order valence-corrected chi connectivity index (χ3v) is 4.73. The van der Waals surface area contributed by atoms with Crippen LogP contribution in [0.5, 0.6) is 0 Å². The average Bonchev–Trinajstić information content (AvgIpc) is 3.08. The van der Waals surface area contributed by atoms with Crippen LogP contribution in [0.3, 0.4) is 0 Å². The number of nitrogens with one attached hydrogen (secondary N) is 1. The van der Waals surface area contributed by atoms with Crippen molar-refractivity contribution in [1.82, 2.24) is 5.32 Å². The summed E-state index contributed by atoms with van der Waals surface area (Å²) in [6.07, 6.45) is 5.48. The van der Waals surface area contributed by atoms with Crippen LogP contribution in [-0.2, 0) is 11.0 Å². The Kier molecular flexibility index (Phi) is 2.78. The number of hydrogen-bond acceptors (Lipinski definition) is 1. The van der Waals surface area contributed by atoms with Gasteiger partial charge in [0, 0.05) is 5.54 Å². The molecule has 0 aromatic heterocycles. The molecule has 1 aromatic rings. The third kappa shape index (κ3) is 1.99. The van der Waals surface area contributed by atoms with Gasteiger partial charge in [-0.25, -0.2) is 0 Å². The summed E-state index contributed by atoms with van der Waals surface area (Å²) in [5, 5.41) is 3.81. The molecule has 1 N–H and O–H groups in total. The van der Waals surface area contributed by atoms with E-state index in [1.807, 2.05) is 0 Å². The second kappa shape index (κ2) is 4.09. The molecule has 1 aliphatic carbocycles. The van der Waals surface area contributed by atoms with E-state index in [0.717, 1.165) is 5.92 Å². The summed E-state index contributed by atoms with van der Waals surface area (Å²) in [5.41, 5.74) is 3.54. The molecular formula is C17H25N. The van der Waals surface area contributed by atoms with E-state index in [0.29, 0.717) is 5.54 Å². The van der Waals surface area contributed by atoms with Gasteiger partial charge in [-0.1, -0.05) is 45.0 Å². The number of hydrogen-bond donors (Lipinski definition) is 1. The summed E-state index contributed by atoms with van der Waals surface area (Å²) in [5.74, 6) is 0.889. The minimum atomic E-state index is 0.258. The molecule has 1 saturated carbocycles. The first kappa shape index (κ1) is 12.2. The molecular weight excluding hydrogens is 218 g/mol. The van der Waals surface area contributed by atoms with Crippen molar-refractivity contribution < 1.29 is 0 Å². The van der Waals surface area contributed by atoms with Crippen molar-refractivity contribution in [3.8, 4) is 0 Å². The van der Waals surface area contributed by atoms with E-state index in [-0.39, 0.29) is 5.41 Å². The van der Waals surface area contributed by atoms with Gasteiger partial charge in [-0.15, -0.1) is 0 Å². The van der Waals surface area contributed by atoms with Gasteiger partial charge in [-0.05, 0) is 54.7 Å². The molecule has 0 bridgehead atoms. The van der Waals surface area contributed by atoms with E-state index in [9.17, 15) is 0 Å². The fraction of sp³-hybridized carbons (Fsp3) is 0.647. The van der Waals surface area contributed by atoms with Gasteiger partial charge in [-0.2, -0.15) is 0 Å². The Morgan fingerprint density at radius 2 is 1.78 bits per heavy atom. The molecule has 1 nitrogen and oxygen atoms in total. The van der Waals surface area contributed by atoms with E-state index in [4.69, 9.17) is 0 Å². The maximum absolute atomic E-state index is 3.81. The fourth-order valence-corrected chi connectivity index (χ4v) is 3.44. The number of benzene rings is 1. The van der Waals surface area contributed by atoms with Crippen LogP contribution in [0.4, 0.5) is 0 Å². The monoisotopic (exact) mass is 243 g/mol. The molecule has 0 radical (unpaired) electrons. The highest BCUT2D eigenvalue weighted by Crippen LogP contribution is 2.50. The van der Waals surface area contributed by atoms with E-state index >= 15 is 0 Å². The molecule has 1 aliphatic heterocycles. The molecule has 18 heavy (non-hydrogen) atoms. The zero-order chi connectivity index (χ0) is 12.8. The molecule has 3 rings (SSSR count). The predicted molar refractivity (Wildman–Crippen MR) is 76.8 cm³/mol. The molecule has 2 fully saturated rings. The molecule has 0 spiro atoms. The highest BCUT2D eigenvalue weighted by Gasteiger charge is 2.47. The lowest BCUT2D eigenvalue weighted by atomic mass is 9.81. The summed E-state index contributed by atoms with van der Waals surface area (Å²) in [6, 6.07) is 9.41. The second-order valence-electron chi connectivity index (χ2n) is 7.10. The van der Waals surface area contributed by atoms with E-state index in [2.05, 4.69) is 50.4 Å². The quantitative estimate of drug-likeness (QED) is 0.828. The zero-order valence-corrected chi connectivity index (χ0v) is 11.9. The van der Waals surface area contributed by atoms with E-state index in [1.165, 1.54) is 43.4 Å². The molecule has 2 aliphatic rings. The van der Waals surface area contributed by atoms with Gasteiger partial charge < -0.3 is 5.32 Å². The summed E-state index contributed by atoms with van der Waals surface area (Å²) >= 11 is 0. The first-order valence-electron chi connectivity index (χ1n) is 7.38. The predicted octanol–water partition coefficient (Wildman–Crippen LogP) is 3.97. The van der Waals surface area contributed by atoms with Gasteiger partial charge in [0.15, 0.2) is 0 Å². The average molecular weight is 243 g/mol. The van der Waals surface area contributed by atoms with Crippen molar-refractivity contribution in [2.24, 2.45) is 5.92 Å². The van der Waals surface area contributed by atoms with Crippen molar-refractivity contribution in [1.29, 1.82) is 0 Å². The maximum atomic E-state index is 3.81. The molecule has 1 heterocycles. The molecule has 1 heteroatoms. The SMILES string of the molecule is CC(C)(C)c1ccc(C2(C3CC3)CCCN2)cc1. The lowest BCUT2D eigenvalue weighted by Crippen LogP contribution is -2.39. The summed E-state index contributed by atoms with van der Waals surface area (Å²) in [4.78, 5) is 0. The normalized spacial score (nSPS) is 28.6. The maximum Gasteiger partial charge on any atom is 0.0463 e. The standard InChI is InChI=1S/C17H25N/c1-16(2,3)13-5-7-14(8-6-13)17(15-9-10-15)11-4-12-18-17/h5-8,15,18H,4,9-12H2,1-3H3.